The molecule has 0 atom stereocenters. The Labute approximate surface area is 158 Å². The minimum atomic E-state index is -0.126. The summed E-state index contributed by atoms with van der Waals surface area (Å²) in [6.07, 6.45) is 6.00. The second kappa shape index (κ2) is 7.11. The molecule has 0 saturated carbocycles. The average Bonchev–Trinajstić information content (AvgIpc) is 3.00. The summed E-state index contributed by atoms with van der Waals surface area (Å²) in [5.41, 5.74) is 3.67. The molecule has 2 aromatic rings. The van der Waals surface area contributed by atoms with Crippen LogP contribution in [0.3, 0.4) is 0 Å². The smallest absolute Gasteiger partial charge is 0.282 e. The highest BCUT2D eigenvalue weighted by molar-refractivity contribution is 6.55. The predicted octanol–water partition coefficient (Wildman–Crippen LogP) is 4.43. The molecule has 2 aromatic carbocycles. The molecule has 0 N–H and O–H groups in total. The van der Waals surface area contributed by atoms with E-state index in [0.717, 1.165) is 29.8 Å². The van der Waals surface area contributed by atoms with Crippen LogP contribution in [-0.2, 0) is 4.79 Å². The summed E-state index contributed by atoms with van der Waals surface area (Å²) in [5.74, 6) is 1.12. The van der Waals surface area contributed by atoms with Crippen LogP contribution in [0, 0.1) is 0 Å². The van der Waals surface area contributed by atoms with Gasteiger partial charge in [0.25, 0.3) is 5.91 Å². The summed E-state index contributed by atoms with van der Waals surface area (Å²) in [6, 6.07) is 15.0. The van der Waals surface area contributed by atoms with E-state index in [1.165, 1.54) is 0 Å². The van der Waals surface area contributed by atoms with Gasteiger partial charge in [-0.25, -0.2) is 4.99 Å². The van der Waals surface area contributed by atoms with E-state index in [0.29, 0.717) is 22.9 Å². The number of hydrogen-bond donors (Lipinski definition) is 0. The zero-order chi connectivity index (χ0) is 18.8. The lowest BCUT2D eigenvalue weighted by molar-refractivity contribution is -0.111. The Balaban J connectivity index is 1.82. The van der Waals surface area contributed by atoms with Gasteiger partial charge in [0, 0.05) is 17.3 Å². The van der Waals surface area contributed by atoms with E-state index in [2.05, 4.69) is 17.1 Å². The number of nitrogens with zero attached hydrogens (tertiary/aromatic N) is 2. The average molecular weight is 360 g/mol. The first-order valence-corrected chi connectivity index (χ1v) is 8.84. The van der Waals surface area contributed by atoms with Gasteiger partial charge in [0.15, 0.2) is 0 Å². The van der Waals surface area contributed by atoms with Crippen molar-refractivity contribution < 1.29 is 14.3 Å². The molecule has 27 heavy (non-hydrogen) atoms. The van der Waals surface area contributed by atoms with Gasteiger partial charge in [0.2, 0.25) is 0 Å². The minimum absolute atomic E-state index is 0.126. The van der Waals surface area contributed by atoms with Crippen LogP contribution >= 0.6 is 0 Å². The third-order valence-corrected chi connectivity index (χ3v) is 4.66. The number of ether oxygens (including phenoxy) is 2. The SMILES string of the molecule is COc1ccc(N=C2C(=O)N(c3ccccc3)C3=CCCC=C32)c(OC)c1. The first kappa shape index (κ1) is 17.1. The van der Waals surface area contributed by atoms with Crippen LogP contribution in [0.5, 0.6) is 11.5 Å². The molecule has 5 heteroatoms. The first-order chi connectivity index (χ1) is 13.2. The maximum atomic E-state index is 13.2. The molecule has 5 nitrogen and oxygen atoms in total. The fourth-order valence-electron chi connectivity index (χ4n) is 3.36. The lowest BCUT2D eigenvalue weighted by Crippen LogP contribution is -2.26. The van der Waals surface area contributed by atoms with Crippen LogP contribution in [-0.4, -0.2) is 25.8 Å². The Hall–Kier alpha value is -3.34. The highest BCUT2D eigenvalue weighted by Crippen LogP contribution is 2.38. The number of para-hydroxylation sites is 1. The molecule has 2 aliphatic rings. The summed E-state index contributed by atoms with van der Waals surface area (Å²) in [4.78, 5) is 19.7. The van der Waals surface area contributed by atoms with Gasteiger partial charge in [-0.3, -0.25) is 9.69 Å². The molecular weight excluding hydrogens is 340 g/mol. The maximum absolute atomic E-state index is 13.2. The van der Waals surface area contributed by atoms with Gasteiger partial charge < -0.3 is 9.47 Å². The molecule has 4 rings (SSSR count). The van der Waals surface area contributed by atoms with Crippen LogP contribution in [0.1, 0.15) is 12.8 Å². The Bertz CT molecular complexity index is 974. The predicted molar refractivity (Wildman–Crippen MR) is 106 cm³/mol. The fourth-order valence-corrected chi connectivity index (χ4v) is 3.36. The molecule has 1 saturated heterocycles. The van der Waals surface area contributed by atoms with E-state index in [1.807, 2.05) is 36.4 Å². The molecule has 0 aromatic heterocycles. The maximum Gasteiger partial charge on any atom is 0.282 e. The van der Waals surface area contributed by atoms with Crippen LogP contribution in [0.2, 0.25) is 0 Å². The Morgan fingerprint density at radius 3 is 2.48 bits per heavy atom. The number of carbonyl (C=O) groups excluding carboxylic acids is 1. The molecule has 1 heterocycles. The topological polar surface area (TPSA) is 51.1 Å². The standard InChI is InChI=1S/C22H20N2O3/c1-26-16-12-13-18(20(14-16)27-2)23-21-17-10-6-7-11-19(17)24(22(21)25)15-8-4-3-5-9-15/h3-5,8-14H,6-7H2,1-2H3. The summed E-state index contributed by atoms with van der Waals surface area (Å²) >= 11 is 0. The summed E-state index contributed by atoms with van der Waals surface area (Å²) in [7, 11) is 3.18. The van der Waals surface area contributed by atoms with Crippen molar-refractivity contribution in [2.24, 2.45) is 4.99 Å². The summed E-state index contributed by atoms with van der Waals surface area (Å²) < 4.78 is 10.7. The van der Waals surface area contributed by atoms with Crippen LogP contribution in [0.15, 0.2) is 76.9 Å². The van der Waals surface area contributed by atoms with E-state index >= 15 is 0 Å². The molecule has 1 amide bonds. The number of fused-ring (bicyclic) bond motifs is 1. The Morgan fingerprint density at radius 2 is 1.74 bits per heavy atom. The van der Waals surface area contributed by atoms with Crippen molar-refractivity contribution in [3.05, 3.63) is 72.0 Å². The Kier molecular flexibility index (Phi) is 4.50. The van der Waals surface area contributed by atoms with Gasteiger partial charge in [-0.05, 0) is 37.1 Å². The van der Waals surface area contributed by atoms with E-state index < -0.39 is 0 Å². The number of amides is 1. The molecule has 0 bridgehead atoms. The number of rotatable bonds is 4. The zero-order valence-corrected chi connectivity index (χ0v) is 15.3. The number of methoxy groups -OCH3 is 2. The van der Waals surface area contributed by atoms with Crippen molar-refractivity contribution in [3.8, 4) is 11.5 Å². The molecule has 136 valence electrons. The number of hydrogen-bond acceptors (Lipinski definition) is 4. The van der Waals surface area contributed by atoms with Crippen LogP contribution in [0.4, 0.5) is 11.4 Å². The van der Waals surface area contributed by atoms with Crippen molar-refractivity contribution in [2.45, 2.75) is 12.8 Å². The van der Waals surface area contributed by atoms with Crippen molar-refractivity contribution in [1.82, 2.24) is 0 Å². The molecular formula is C22H20N2O3. The van der Waals surface area contributed by atoms with E-state index in [9.17, 15) is 4.79 Å². The summed E-state index contributed by atoms with van der Waals surface area (Å²) in [5, 5.41) is 0. The Morgan fingerprint density at radius 1 is 0.963 bits per heavy atom. The first-order valence-electron chi connectivity index (χ1n) is 8.84. The number of anilines is 1. The van der Waals surface area contributed by atoms with E-state index in [1.54, 1.807) is 31.3 Å². The van der Waals surface area contributed by atoms with Gasteiger partial charge in [-0.2, -0.15) is 0 Å². The number of aliphatic imine (C=N–C) groups is 1. The van der Waals surface area contributed by atoms with Crippen LogP contribution in [0.25, 0.3) is 0 Å². The van der Waals surface area contributed by atoms with E-state index in [-0.39, 0.29) is 5.91 Å². The molecule has 1 aliphatic heterocycles. The molecule has 1 aliphatic carbocycles. The second-order valence-electron chi connectivity index (χ2n) is 6.26. The number of benzene rings is 2. The zero-order valence-electron chi connectivity index (χ0n) is 15.3. The fraction of sp³-hybridized carbons (Fsp3) is 0.182. The highest BCUT2D eigenvalue weighted by Gasteiger charge is 2.38. The monoisotopic (exact) mass is 360 g/mol. The van der Waals surface area contributed by atoms with Gasteiger partial charge in [0.05, 0.1) is 19.9 Å². The largest absolute Gasteiger partial charge is 0.497 e. The van der Waals surface area contributed by atoms with Crippen molar-refractivity contribution in [3.63, 3.8) is 0 Å². The third-order valence-electron chi connectivity index (χ3n) is 4.66. The summed E-state index contributed by atoms with van der Waals surface area (Å²) in [6.45, 7) is 0. The highest BCUT2D eigenvalue weighted by atomic mass is 16.5. The van der Waals surface area contributed by atoms with Crippen molar-refractivity contribution in [2.75, 3.05) is 19.1 Å². The van der Waals surface area contributed by atoms with Crippen molar-refractivity contribution in [1.29, 1.82) is 0 Å². The van der Waals surface area contributed by atoms with Gasteiger partial charge in [0.1, 0.15) is 22.9 Å². The third kappa shape index (κ3) is 3.01. The number of allylic oxidation sites excluding steroid dienone is 3. The molecule has 0 spiro atoms. The van der Waals surface area contributed by atoms with Gasteiger partial charge in [-0.1, -0.05) is 30.4 Å². The van der Waals surface area contributed by atoms with Gasteiger partial charge in [-0.15, -0.1) is 0 Å². The van der Waals surface area contributed by atoms with Gasteiger partial charge >= 0.3 is 0 Å². The van der Waals surface area contributed by atoms with E-state index in [4.69, 9.17) is 9.47 Å². The normalized spacial score (nSPS) is 17.5. The lowest BCUT2D eigenvalue weighted by Gasteiger charge is -2.18. The van der Waals surface area contributed by atoms with Crippen molar-refractivity contribution >= 4 is 23.0 Å². The second-order valence-corrected chi connectivity index (χ2v) is 6.26. The minimum Gasteiger partial charge on any atom is -0.497 e. The molecule has 0 radical (unpaired) electrons. The molecule has 0 unspecified atom stereocenters. The quantitative estimate of drug-likeness (QED) is 0.811. The number of carbonyl (C=O) groups is 1. The van der Waals surface area contributed by atoms with Crippen LogP contribution < -0.4 is 14.4 Å². The lowest BCUT2D eigenvalue weighted by atomic mass is 10.0. The molecule has 1 fully saturated rings.